The Bertz CT molecular complexity index is 1040. The second-order valence-corrected chi connectivity index (χ2v) is 9.37. The fraction of sp³-hybridized carbons (Fsp3) is 0.350. The van der Waals surface area contributed by atoms with Gasteiger partial charge in [0.2, 0.25) is 10.0 Å². The van der Waals surface area contributed by atoms with Gasteiger partial charge in [-0.05, 0) is 44.2 Å². The van der Waals surface area contributed by atoms with Crippen molar-refractivity contribution in [1.29, 1.82) is 0 Å². The van der Waals surface area contributed by atoms with Crippen molar-refractivity contribution in [2.24, 2.45) is 0 Å². The fourth-order valence-electron chi connectivity index (χ4n) is 2.72. The first-order chi connectivity index (χ1) is 14.0. The Kier molecular flexibility index (Phi) is 8.10. The van der Waals surface area contributed by atoms with E-state index in [9.17, 15) is 17.6 Å². The average molecular weight is 477 g/mol. The van der Waals surface area contributed by atoms with Gasteiger partial charge in [0, 0.05) is 13.1 Å². The fourth-order valence-corrected chi connectivity index (χ4v) is 4.68. The largest absolute Gasteiger partial charge is 0.489 e. The molecule has 0 atom stereocenters. The van der Waals surface area contributed by atoms with E-state index in [0.29, 0.717) is 13.1 Å². The highest BCUT2D eigenvalue weighted by molar-refractivity contribution is 7.89. The van der Waals surface area contributed by atoms with Gasteiger partial charge in [-0.1, -0.05) is 37.0 Å². The summed E-state index contributed by atoms with van der Waals surface area (Å²) in [6.07, 6.45) is -0.234. The van der Waals surface area contributed by atoms with Crippen LogP contribution in [0.25, 0.3) is 0 Å². The predicted octanol–water partition coefficient (Wildman–Crippen LogP) is 5.20. The van der Waals surface area contributed by atoms with Crippen LogP contribution >= 0.6 is 23.2 Å². The van der Waals surface area contributed by atoms with E-state index in [4.69, 9.17) is 27.9 Å². The van der Waals surface area contributed by atoms with Crippen LogP contribution in [0.15, 0.2) is 35.2 Å². The van der Waals surface area contributed by atoms with Crippen molar-refractivity contribution >= 4 is 44.8 Å². The number of carbonyl (C=O) groups excluding carboxylic acids is 1. The number of nitrogens with zero attached hydrogens (tertiary/aromatic N) is 1. The molecule has 0 saturated heterocycles. The maximum absolute atomic E-state index is 13.8. The van der Waals surface area contributed by atoms with Gasteiger partial charge in [0.25, 0.3) is 5.91 Å². The number of nitrogens with one attached hydrogen (secondary N) is 1. The first-order valence-corrected chi connectivity index (χ1v) is 11.5. The molecule has 1 amide bonds. The van der Waals surface area contributed by atoms with Crippen LogP contribution in [0.5, 0.6) is 5.75 Å². The van der Waals surface area contributed by atoms with Gasteiger partial charge in [-0.2, -0.15) is 4.31 Å². The third-order valence-electron chi connectivity index (χ3n) is 4.16. The zero-order chi connectivity index (χ0) is 22.6. The van der Waals surface area contributed by atoms with Crippen LogP contribution in [0.3, 0.4) is 0 Å². The molecule has 0 unspecified atom stereocenters. The Hall–Kier alpha value is -1.87. The molecule has 0 aliphatic carbocycles. The summed E-state index contributed by atoms with van der Waals surface area (Å²) < 4.78 is 46.5. The van der Waals surface area contributed by atoms with E-state index in [2.05, 4.69) is 5.32 Å². The van der Waals surface area contributed by atoms with E-state index in [0.717, 1.165) is 12.1 Å². The molecule has 0 spiro atoms. The van der Waals surface area contributed by atoms with Gasteiger partial charge in [-0.3, -0.25) is 4.79 Å². The highest BCUT2D eigenvalue weighted by atomic mass is 35.5. The number of hydrogen-bond donors (Lipinski definition) is 1. The standard InChI is InChI=1S/C20H23Cl2FN2O4S/c1-5-25(6-2)30(27,28)13-7-8-19(29-12(3)4)18(9-13)24-20(26)14-10-17(23)16(22)11-15(14)21/h7-12H,5-6H2,1-4H3,(H,24,26). The zero-order valence-electron chi connectivity index (χ0n) is 17.0. The molecular weight excluding hydrogens is 454 g/mol. The Balaban J connectivity index is 2.51. The van der Waals surface area contributed by atoms with Gasteiger partial charge >= 0.3 is 0 Å². The van der Waals surface area contributed by atoms with Crippen LogP contribution in [0.1, 0.15) is 38.1 Å². The van der Waals surface area contributed by atoms with Gasteiger partial charge < -0.3 is 10.1 Å². The number of ether oxygens (including phenoxy) is 1. The molecule has 2 aromatic rings. The quantitative estimate of drug-likeness (QED) is 0.531. The monoisotopic (exact) mass is 476 g/mol. The Morgan fingerprint density at radius 1 is 1.13 bits per heavy atom. The minimum absolute atomic E-state index is 0.00834. The molecule has 0 saturated carbocycles. The van der Waals surface area contributed by atoms with Gasteiger partial charge in [-0.15, -0.1) is 0 Å². The lowest BCUT2D eigenvalue weighted by Crippen LogP contribution is -2.30. The molecular formula is C20H23Cl2FN2O4S. The van der Waals surface area contributed by atoms with E-state index in [1.54, 1.807) is 27.7 Å². The molecule has 1 N–H and O–H groups in total. The summed E-state index contributed by atoms with van der Waals surface area (Å²) in [5.41, 5.74) is -0.0283. The summed E-state index contributed by atoms with van der Waals surface area (Å²) >= 11 is 11.7. The van der Waals surface area contributed by atoms with E-state index >= 15 is 0 Å². The smallest absolute Gasteiger partial charge is 0.257 e. The minimum Gasteiger partial charge on any atom is -0.489 e. The number of amides is 1. The number of halogens is 3. The van der Waals surface area contributed by atoms with Crippen LogP contribution in [0.4, 0.5) is 10.1 Å². The lowest BCUT2D eigenvalue weighted by atomic mass is 10.2. The molecule has 6 nitrogen and oxygen atoms in total. The number of benzene rings is 2. The van der Waals surface area contributed by atoms with Gasteiger partial charge in [0.1, 0.15) is 11.6 Å². The van der Waals surface area contributed by atoms with Gasteiger partial charge in [0.05, 0.1) is 32.3 Å². The first-order valence-electron chi connectivity index (χ1n) is 9.28. The minimum atomic E-state index is -3.77. The van der Waals surface area contributed by atoms with Crippen molar-refractivity contribution in [2.75, 3.05) is 18.4 Å². The molecule has 2 rings (SSSR count). The SMILES string of the molecule is CCN(CC)S(=O)(=O)c1ccc(OC(C)C)c(NC(=O)c2cc(F)c(Cl)cc2Cl)c1. The lowest BCUT2D eigenvalue weighted by Gasteiger charge is -2.21. The Morgan fingerprint density at radius 3 is 2.33 bits per heavy atom. The molecule has 164 valence electrons. The van der Waals surface area contributed by atoms with Crippen molar-refractivity contribution in [3.63, 3.8) is 0 Å². The van der Waals surface area contributed by atoms with Crippen LogP contribution in [0, 0.1) is 5.82 Å². The van der Waals surface area contributed by atoms with Crippen molar-refractivity contribution in [3.05, 3.63) is 51.8 Å². The van der Waals surface area contributed by atoms with Crippen LogP contribution in [-0.4, -0.2) is 37.8 Å². The molecule has 10 heteroatoms. The van der Waals surface area contributed by atoms with Crippen LogP contribution < -0.4 is 10.1 Å². The highest BCUT2D eigenvalue weighted by Crippen LogP contribution is 2.32. The maximum Gasteiger partial charge on any atom is 0.257 e. The van der Waals surface area contributed by atoms with Crippen molar-refractivity contribution in [3.8, 4) is 5.75 Å². The summed E-state index contributed by atoms with van der Waals surface area (Å²) in [6, 6.07) is 6.23. The molecule has 0 aliphatic rings. The number of carbonyl (C=O) groups is 1. The normalized spacial score (nSPS) is 11.8. The van der Waals surface area contributed by atoms with E-state index in [-0.39, 0.29) is 38.0 Å². The molecule has 0 aromatic heterocycles. The molecule has 2 aromatic carbocycles. The van der Waals surface area contributed by atoms with Crippen LogP contribution in [-0.2, 0) is 10.0 Å². The van der Waals surface area contributed by atoms with Crippen molar-refractivity contribution < 1.29 is 22.3 Å². The third-order valence-corrected chi connectivity index (χ3v) is 6.81. The summed E-state index contributed by atoms with van der Waals surface area (Å²) in [5.74, 6) is -1.27. The van der Waals surface area contributed by atoms with E-state index in [1.807, 2.05) is 0 Å². The molecule has 30 heavy (non-hydrogen) atoms. The summed E-state index contributed by atoms with van der Waals surface area (Å²) in [5, 5.41) is 2.31. The predicted molar refractivity (Wildman–Crippen MR) is 117 cm³/mol. The molecule has 0 heterocycles. The topological polar surface area (TPSA) is 75.7 Å². The van der Waals surface area contributed by atoms with Crippen LogP contribution in [0.2, 0.25) is 10.0 Å². The van der Waals surface area contributed by atoms with Gasteiger partial charge in [-0.25, -0.2) is 12.8 Å². The van der Waals surface area contributed by atoms with E-state index in [1.165, 1.54) is 22.5 Å². The second-order valence-electron chi connectivity index (χ2n) is 6.61. The molecule has 0 fully saturated rings. The maximum atomic E-state index is 13.8. The highest BCUT2D eigenvalue weighted by Gasteiger charge is 2.24. The third kappa shape index (κ3) is 5.43. The first kappa shape index (κ1) is 24.4. The lowest BCUT2D eigenvalue weighted by molar-refractivity contribution is 0.102. The summed E-state index contributed by atoms with van der Waals surface area (Å²) in [7, 11) is -3.77. The number of rotatable bonds is 8. The second kappa shape index (κ2) is 9.96. The average Bonchev–Trinajstić information content (AvgIpc) is 2.66. The molecule has 0 radical (unpaired) electrons. The number of sulfonamides is 1. The van der Waals surface area contributed by atoms with Crippen molar-refractivity contribution in [2.45, 2.75) is 38.7 Å². The molecule has 0 bridgehead atoms. The summed E-state index contributed by atoms with van der Waals surface area (Å²) in [6.45, 7) is 7.64. The Morgan fingerprint density at radius 2 is 1.77 bits per heavy atom. The number of anilines is 1. The summed E-state index contributed by atoms with van der Waals surface area (Å²) in [4.78, 5) is 12.7. The number of hydrogen-bond acceptors (Lipinski definition) is 4. The van der Waals surface area contributed by atoms with Crippen molar-refractivity contribution in [1.82, 2.24) is 4.31 Å². The zero-order valence-corrected chi connectivity index (χ0v) is 19.3. The Labute approximate surface area is 186 Å². The molecule has 0 aliphatic heterocycles. The van der Waals surface area contributed by atoms with E-state index < -0.39 is 21.7 Å². The van der Waals surface area contributed by atoms with Gasteiger partial charge in [0.15, 0.2) is 0 Å².